The van der Waals surface area contributed by atoms with Gasteiger partial charge < -0.3 is 20.5 Å². The first-order valence-corrected chi connectivity index (χ1v) is 6.74. The molecule has 1 aromatic carbocycles. The van der Waals surface area contributed by atoms with Gasteiger partial charge in [0, 0.05) is 6.04 Å². The minimum absolute atomic E-state index is 0.0895. The van der Waals surface area contributed by atoms with E-state index in [1.165, 1.54) is 25.3 Å². The van der Waals surface area contributed by atoms with Crippen LogP contribution in [0.25, 0.3) is 0 Å². The molecule has 0 fully saturated rings. The number of carboxylic acids is 1. The molecule has 1 unspecified atom stereocenters. The zero-order chi connectivity index (χ0) is 15.2. The van der Waals surface area contributed by atoms with Crippen LogP contribution in [0, 0.1) is 0 Å². The van der Waals surface area contributed by atoms with Crippen LogP contribution in [0.4, 0.5) is 10.5 Å². The fraction of sp³-hybridized carbons (Fsp3) is 0.333. The first kappa shape index (κ1) is 14.9. The zero-order valence-corrected chi connectivity index (χ0v) is 11.8. The van der Waals surface area contributed by atoms with Gasteiger partial charge in [-0.15, -0.1) is 0 Å². The predicted octanol–water partition coefficient (Wildman–Crippen LogP) is 2.62. The van der Waals surface area contributed by atoms with Crippen LogP contribution < -0.4 is 15.4 Å². The molecule has 0 aliphatic heterocycles. The van der Waals surface area contributed by atoms with E-state index < -0.39 is 5.97 Å². The average Bonchev–Trinajstić information content (AvgIpc) is 2.48. The molecule has 0 saturated heterocycles. The van der Waals surface area contributed by atoms with E-state index in [1.807, 2.05) is 6.08 Å². The summed E-state index contributed by atoms with van der Waals surface area (Å²) < 4.78 is 5.12. The minimum atomic E-state index is -1.06. The van der Waals surface area contributed by atoms with Gasteiger partial charge >= 0.3 is 12.0 Å². The normalized spacial score (nSPS) is 17.1. The van der Waals surface area contributed by atoms with Crippen LogP contribution in [0.15, 0.2) is 30.4 Å². The summed E-state index contributed by atoms with van der Waals surface area (Å²) in [5, 5.41) is 14.5. The summed E-state index contributed by atoms with van der Waals surface area (Å²) in [5.41, 5.74) is 0.424. The molecule has 0 heterocycles. The number of carboxylic acid groups (broad SMARTS) is 1. The van der Waals surface area contributed by atoms with Crippen molar-refractivity contribution in [1.82, 2.24) is 5.32 Å². The van der Waals surface area contributed by atoms with Crippen LogP contribution in [0.5, 0.6) is 5.75 Å². The lowest BCUT2D eigenvalue weighted by Crippen LogP contribution is -2.38. The molecule has 2 amide bonds. The predicted molar refractivity (Wildman–Crippen MR) is 78.9 cm³/mol. The third-order valence-electron chi connectivity index (χ3n) is 3.30. The maximum Gasteiger partial charge on any atom is 0.335 e. The number of aromatic carboxylic acids is 1. The van der Waals surface area contributed by atoms with Gasteiger partial charge in [-0.3, -0.25) is 0 Å². The Kier molecular flexibility index (Phi) is 4.81. The van der Waals surface area contributed by atoms with Crippen molar-refractivity contribution in [2.45, 2.75) is 25.3 Å². The van der Waals surface area contributed by atoms with Gasteiger partial charge in [-0.25, -0.2) is 9.59 Å². The number of carbonyl (C=O) groups excluding carboxylic acids is 1. The number of benzene rings is 1. The van der Waals surface area contributed by atoms with Crippen molar-refractivity contribution in [3.05, 3.63) is 35.9 Å². The summed E-state index contributed by atoms with van der Waals surface area (Å²) in [6, 6.07) is 4.06. The molecule has 21 heavy (non-hydrogen) atoms. The monoisotopic (exact) mass is 290 g/mol. The number of methoxy groups -OCH3 is 1. The number of urea groups is 1. The number of hydrogen-bond donors (Lipinski definition) is 3. The Balaban J connectivity index is 2.06. The van der Waals surface area contributed by atoms with Crippen molar-refractivity contribution in [1.29, 1.82) is 0 Å². The van der Waals surface area contributed by atoms with E-state index in [-0.39, 0.29) is 17.6 Å². The Morgan fingerprint density at radius 2 is 2.14 bits per heavy atom. The minimum Gasteiger partial charge on any atom is -0.495 e. The number of rotatable bonds is 4. The van der Waals surface area contributed by atoms with Gasteiger partial charge in [-0.2, -0.15) is 0 Å². The number of ether oxygens (including phenoxy) is 1. The summed E-state index contributed by atoms with van der Waals surface area (Å²) in [6.07, 6.45) is 6.79. The van der Waals surface area contributed by atoms with Gasteiger partial charge in [-0.05, 0) is 37.5 Å². The molecule has 0 aromatic heterocycles. The molecule has 0 spiro atoms. The highest BCUT2D eigenvalue weighted by Gasteiger charge is 2.15. The molecule has 0 radical (unpaired) electrons. The molecule has 6 nitrogen and oxygen atoms in total. The first-order chi connectivity index (χ1) is 10.1. The Morgan fingerprint density at radius 1 is 1.33 bits per heavy atom. The van der Waals surface area contributed by atoms with Crippen molar-refractivity contribution < 1.29 is 19.4 Å². The molecular formula is C15H18N2O4. The Hall–Kier alpha value is -2.50. The summed E-state index contributed by atoms with van der Waals surface area (Å²) >= 11 is 0. The second-order valence-corrected chi connectivity index (χ2v) is 4.80. The van der Waals surface area contributed by atoms with Gasteiger partial charge in [0.2, 0.25) is 0 Å². The quantitative estimate of drug-likeness (QED) is 0.744. The maximum atomic E-state index is 12.0. The topological polar surface area (TPSA) is 87.7 Å². The number of carbonyl (C=O) groups is 2. The van der Waals surface area contributed by atoms with E-state index in [9.17, 15) is 9.59 Å². The van der Waals surface area contributed by atoms with Gasteiger partial charge in [-0.1, -0.05) is 12.2 Å². The highest BCUT2D eigenvalue weighted by Crippen LogP contribution is 2.25. The third kappa shape index (κ3) is 3.98. The van der Waals surface area contributed by atoms with Crippen molar-refractivity contribution in [2.75, 3.05) is 12.4 Å². The molecule has 1 aliphatic carbocycles. The summed E-state index contributed by atoms with van der Waals surface area (Å²) in [5.74, 6) is -0.641. The van der Waals surface area contributed by atoms with E-state index in [2.05, 4.69) is 16.7 Å². The smallest absolute Gasteiger partial charge is 0.335 e. The van der Waals surface area contributed by atoms with E-state index in [0.717, 1.165) is 19.3 Å². The van der Waals surface area contributed by atoms with Crippen LogP contribution >= 0.6 is 0 Å². The van der Waals surface area contributed by atoms with Gasteiger partial charge in [0.15, 0.2) is 0 Å². The number of hydrogen-bond acceptors (Lipinski definition) is 3. The molecule has 1 atom stereocenters. The van der Waals surface area contributed by atoms with Crippen LogP contribution in [-0.4, -0.2) is 30.3 Å². The van der Waals surface area contributed by atoms with E-state index in [4.69, 9.17) is 9.84 Å². The Labute approximate surface area is 122 Å². The van der Waals surface area contributed by atoms with Crippen molar-refractivity contribution in [2.24, 2.45) is 0 Å². The second kappa shape index (κ2) is 6.78. The van der Waals surface area contributed by atoms with E-state index in [0.29, 0.717) is 11.4 Å². The van der Waals surface area contributed by atoms with Gasteiger partial charge in [0.05, 0.1) is 18.4 Å². The summed E-state index contributed by atoms with van der Waals surface area (Å²) in [6.45, 7) is 0. The van der Waals surface area contributed by atoms with Gasteiger partial charge in [0.25, 0.3) is 0 Å². The molecule has 2 rings (SSSR count). The highest BCUT2D eigenvalue weighted by molar-refractivity contribution is 5.94. The molecule has 112 valence electrons. The lowest BCUT2D eigenvalue weighted by Gasteiger charge is -2.20. The summed E-state index contributed by atoms with van der Waals surface area (Å²) in [7, 11) is 1.46. The SMILES string of the molecule is COc1ccc(C(=O)O)cc1NC(=O)NC1CC=CCC1. The number of anilines is 1. The van der Waals surface area contributed by atoms with Crippen LogP contribution in [0.1, 0.15) is 29.6 Å². The van der Waals surface area contributed by atoms with Crippen molar-refractivity contribution >= 4 is 17.7 Å². The molecular weight excluding hydrogens is 272 g/mol. The lowest BCUT2D eigenvalue weighted by molar-refractivity contribution is 0.0697. The Morgan fingerprint density at radius 3 is 2.76 bits per heavy atom. The number of amides is 2. The van der Waals surface area contributed by atoms with Crippen LogP contribution in [0.3, 0.4) is 0 Å². The molecule has 1 aromatic rings. The molecule has 0 saturated carbocycles. The van der Waals surface area contributed by atoms with E-state index >= 15 is 0 Å². The van der Waals surface area contributed by atoms with Crippen molar-refractivity contribution in [3.8, 4) is 5.75 Å². The first-order valence-electron chi connectivity index (χ1n) is 6.74. The third-order valence-corrected chi connectivity index (χ3v) is 3.30. The van der Waals surface area contributed by atoms with Crippen LogP contribution in [-0.2, 0) is 0 Å². The highest BCUT2D eigenvalue weighted by atomic mass is 16.5. The molecule has 0 bridgehead atoms. The molecule has 6 heteroatoms. The fourth-order valence-corrected chi connectivity index (χ4v) is 2.21. The number of nitrogens with one attached hydrogen (secondary N) is 2. The van der Waals surface area contributed by atoms with E-state index in [1.54, 1.807) is 0 Å². The lowest BCUT2D eigenvalue weighted by atomic mass is 10.0. The van der Waals surface area contributed by atoms with Crippen molar-refractivity contribution in [3.63, 3.8) is 0 Å². The summed E-state index contributed by atoms with van der Waals surface area (Å²) in [4.78, 5) is 23.0. The average molecular weight is 290 g/mol. The largest absolute Gasteiger partial charge is 0.495 e. The molecule has 1 aliphatic rings. The van der Waals surface area contributed by atoms with Gasteiger partial charge in [0.1, 0.15) is 5.75 Å². The number of allylic oxidation sites excluding steroid dienone is 1. The fourth-order valence-electron chi connectivity index (χ4n) is 2.21. The van der Waals surface area contributed by atoms with Crippen LogP contribution in [0.2, 0.25) is 0 Å². The standard InChI is InChI=1S/C15H18N2O4/c1-21-13-8-7-10(14(18)19)9-12(13)17-15(20)16-11-5-3-2-4-6-11/h2-3,7-9,11H,4-6H2,1H3,(H,18,19)(H2,16,17,20). The maximum absolute atomic E-state index is 12.0. The second-order valence-electron chi connectivity index (χ2n) is 4.80. The zero-order valence-electron chi connectivity index (χ0n) is 11.8. The molecule has 3 N–H and O–H groups in total. The Bertz CT molecular complexity index is 569.